The lowest BCUT2D eigenvalue weighted by Gasteiger charge is -2.07. The smallest absolute Gasteiger partial charge is 0.245 e. The van der Waals surface area contributed by atoms with Crippen molar-refractivity contribution in [2.75, 3.05) is 5.32 Å². The molecular weight excluding hydrogens is 380 g/mol. The largest absolute Gasteiger partial charge is 0.308 e. The van der Waals surface area contributed by atoms with Crippen molar-refractivity contribution < 1.29 is 4.79 Å². The molecule has 136 valence electrons. The highest BCUT2D eigenvalue weighted by atomic mass is 32.1. The summed E-state index contributed by atoms with van der Waals surface area (Å²) in [6.45, 7) is 2.06. The standard InChI is InChI=1S/C18H16N6OS2/c1-11-4-6-12(7-5-11)17-22-23-18(26)24(17)10-16(25)19-15-9-13(20-21-15)14-3-2-8-27-14/h2-9H,10H2,1H3,(H,23,26)(H2,19,20,21,25). The summed E-state index contributed by atoms with van der Waals surface area (Å²) in [5.74, 6) is 0.858. The number of amides is 1. The molecule has 9 heteroatoms. The number of H-pyrrole nitrogens is 2. The van der Waals surface area contributed by atoms with Crippen molar-refractivity contribution in [2.24, 2.45) is 0 Å². The normalized spacial score (nSPS) is 10.9. The summed E-state index contributed by atoms with van der Waals surface area (Å²) in [5.41, 5.74) is 2.90. The van der Waals surface area contributed by atoms with Gasteiger partial charge in [0.1, 0.15) is 6.54 Å². The molecule has 0 bridgehead atoms. The summed E-state index contributed by atoms with van der Waals surface area (Å²) < 4.78 is 2.06. The van der Waals surface area contributed by atoms with Crippen LogP contribution < -0.4 is 5.32 Å². The van der Waals surface area contributed by atoms with Gasteiger partial charge >= 0.3 is 0 Å². The van der Waals surface area contributed by atoms with Crippen LogP contribution in [0.1, 0.15) is 5.56 Å². The van der Waals surface area contributed by atoms with Crippen LogP contribution in [-0.2, 0) is 11.3 Å². The Morgan fingerprint density at radius 3 is 2.78 bits per heavy atom. The van der Waals surface area contributed by atoms with Crippen LogP contribution in [0.4, 0.5) is 5.82 Å². The molecule has 3 heterocycles. The van der Waals surface area contributed by atoms with Crippen molar-refractivity contribution >= 4 is 35.3 Å². The molecule has 0 saturated carbocycles. The van der Waals surface area contributed by atoms with Gasteiger partial charge in [-0.05, 0) is 30.6 Å². The third-order valence-electron chi connectivity index (χ3n) is 4.00. The van der Waals surface area contributed by atoms with Crippen molar-refractivity contribution in [2.45, 2.75) is 13.5 Å². The molecule has 1 amide bonds. The third-order valence-corrected chi connectivity index (χ3v) is 5.22. The Morgan fingerprint density at radius 2 is 2.04 bits per heavy atom. The molecule has 0 spiro atoms. The van der Waals surface area contributed by atoms with E-state index in [4.69, 9.17) is 12.2 Å². The summed E-state index contributed by atoms with van der Waals surface area (Å²) in [4.78, 5) is 13.6. The van der Waals surface area contributed by atoms with Gasteiger partial charge in [0.2, 0.25) is 5.91 Å². The summed E-state index contributed by atoms with van der Waals surface area (Å²) in [5, 5.41) is 18.9. The zero-order valence-electron chi connectivity index (χ0n) is 14.4. The van der Waals surface area contributed by atoms with E-state index in [0.29, 0.717) is 16.4 Å². The number of aromatic nitrogens is 5. The number of aryl methyl sites for hydroxylation is 1. The molecule has 1 aromatic carbocycles. The average Bonchev–Trinajstić information content (AvgIpc) is 3.38. The molecule has 27 heavy (non-hydrogen) atoms. The van der Waals surface area contributed by atoms with Gasteiger partial charge in [-0.25, -0.2) is 0 Å². The SMILES string of the molecule is Cc1ccc(-c2n[nH]c(=S)n2CC(=O)Nc2cc(-c3cccs3)[nH]n2)cc1. The van der Waals surface area contributed by atoms with Crippen molar-refractivity contribution in [3.05, 3.63) is 58.2 Å². The zero-order valence-corrected chi connectivity index (χ0v) is 16.0. The minimum atomic E-state index is -0.231. The van der Waals surface area contributed by atoms with Crippen LogP contribution in [0, 0.1) is 11.7 Å². The number of nitrogens with zero attached hydrogens (tertiary/aromatic N) is 3. The van der Waals surface area contributed by atoms with Gasteiger partial charge < -0.3 is 5.32 Å². The van der Waals surface area contributed by atoms with E-state index in [0.717, 1.165) is 21.7 Å². The molecule has 4 rings (SSSR count). The monoisotopic (exact) mass is 396 g/mol. The van der Waals surface area contributed by atoms with E-state index in [1.165, 1.54) is 0 Å². The summed E-state index contributed by atoms with van der Waals surface area (Å²) in [7, 11) is 0. The van der Waals surface area contributed by atoms with E-state index in [-0.39, 0.29) is 12.5 Å². The molecule has 4 aromatic rings. The predicted molar refractivity (Wildman–Crippen MR) is 108 cm³/mol. The summed E-state index contributed by atoms with van der Waals surface area (Å²) in [6, 6.07) is 13.7. The fourth-order valence-corrected chi connectivity index (χ4v) is 3.55. The number of thiophene rings is 1. The first kappa shape index (κ1) is 17.4. The van der Waals surface area contributed by atoms with Crippen molar-refractivity contribution in [1.82, 2.24) is 25.0 Å². The molecular formula is C18H16N6OS2. The molecule has 0 fully saturated rings. The molecule has 0 aliphatic carbocycles. The third kappa shape index (κ3) is 3.74. The van der Waals surface area contributed by atoms with Crippen LogP contribution in [0.2, 0.25) is 0 Å². The Kier molecular flexibility index (Phi) is 4.69. The lowest BCUT2D eigenvalue weighted by molar-refractivity contribution is -0.116. The molecule has 0 unspecified atom stereocenters. The summed E-state index contributed by atoms with van der Waals surface area (Å²) >= 11 is 6.88. The van der Waals surface area contributed by atoms with Gasteiger partial charge in [-0.3, -0.25) is 19.6 Å². The fraction of sp³-hybridized carbons (Fsp3) is 0.111. The van der Waals surface area contributed by atoms with Crippen LogP contribution in [0.25, 0.3) is 22.0 Å². The van der Waals surface area contributed by atoms with Gasteiger partial charge in [0, 0.05) is 11.6 Å². The molecule has 0 aliphatic rings. The Labute approximate surface area is 164 Å². The second-order valence-corrected chi connectivity index (χ2v) is 7.33. The number of benzene rings is 1. The maximum absolute atomic E-state index is 12.5. The first-order chi connectivity index (χ1) is 13.1. The molecule has 0 atom stereocenters. The van der Waals surface area contributed by atoms with Gasteiger partial charge in [-0.1, -0.05) is 35.9 Å². The number of rotatable bonds is 5. The van der Waals surface area contributed by atoms with E-state index in [1.807, 2.05) is 48.7 Å². The number of aromatic amines is 2. The topological polar surface area (TPSA) is 91.4 Å². The minimum absolute atomic E-state index is 0.0414. The first-order valence-corrected chi connectivity index (χ1v) is 9.50. The first-order valence-electron chi connectivity index (χ1n) is 8.21. The van der Waals surface area contributed by atoms with Crippen LogP contribution >= 0.6 is 23.6 Å². The highest BCUT2D eigenvalue weighted by molar-refractivity contribution is 7.71. The Hall–Kier alpha value is -3.04. The predicted octanol–water partition coefficient (Wildman–Crippen LogP) is 4.01. The van der Waals surface area contributed by atoms with Gasteiger partial charge in [-0.2, -0.15) is 10.2 Å². The highest BCUT2D eigenvalue weighted by Gasteiger charge is 2.14. The maximum atomic E-state index is 12.5. The van der Waals surface area contributed by atoms with Crippen molar-refractivity contribution in [3.63, 3.8) is 0 Å². The number of hydrogen-bond acceptors (Lipinski definition) is 5. The number of hydrogen-bond donors (Lipinski definition) is 3. The molecule has 0 aliphatic heterocycles. The second kappa shape index (κ2) is 7.29. The van der Waals surface area contributed by atoms with Gasteiger partial charge in [0.25, 0.3) is 0 Å². The summed E-state index contributed by atoms with van der Waals surface area (Å²) in [6.07, 6.45) is 0. The average molecular weight is 397 g/mol. The Bertz CT molecular complexity index is 1120. The maximum Gasteiger partial charge on any atom is 0.245 e. The Morgan fingerprint density at radius 1 is 1.22 bits per heavy atom. The van der Waals surface area contributed by atoms with Crippen LogP contribution in [0.5, 0.6) is 0 Å². The van der Waals surface area contributed by atoms with E-state index in [2.05, 4.69) is 25.7 Å². The van der Waals surface area contributed by atoms with E-state index in [1.54, 1.807) is 22.0 Å². The Balaban J connectivity index is 1.51. The van der Waals surface area contributed by atoms with Gasteiger partial charge in [0.15, 0.2) is 16.4 Å². The quantitative estimate of drug-likeness (QED) is 0.445. The molecule has 3 aromatic heterocycles. The van der Waals surface area contributed by atoms with Crippen molar-refractivity contribution in [3.8, 4) is 22.0 Å². The van der Waals surface area contributed by atoms with Gasteiger partial charge in [0.05, 0.1) is 10.6 Å². The van der Waals surface area contributed by atoms with Crippen LogP contribution in [0.15, 0.2) is 47.8 Å². The number of anilines is 1. The highest BCUT2D eigenvalue weighted by Crippen LogP contribution is 2.24. The van der Waals surface area contributed by atoms with Crippen LogP contribution in [-0.4, -0.2) is 30.9 Å². The van der Waals surface area contributed by atoms with Crippen molar-refractivity contribution in [1.29, 1.82) is 0 Å². The zero-order chi connectivity index (χ0) is 18.8. The number of carbonyl (C=O) groups excluding carboxylic acids is 1. The lowest BCUT2D eigenvalue weighted by Crippen LogP contribution is -2.19. The molecule has 0 saturated heterocycles. The molecule has 0 radical (unpaired) electrons. The van der Waals surface area contributed by atoms with E-state index >= 15 is 0 Å². The molecule has 7 nitrogen and oxygen atoms in total. The fourth-order valence-electron chi connectivity index (χ4n) is 2.66. The van der Waals surface area contributed by atoms with Crippen LogP contribution in [0.3, 0.4) is 0 Å². The number of nitrogens with one attached hydrogen (secondary N) is 3. The number of carbonyl (C=O) groups is 1. The minimum Gasteiger partial charge on any atom is -0.308 e. The lowest BCUT2D eigenvalue weighted by atomic mass is 10.1. The van der Waals surface area contributed by atoms with Gasteiger partial charge in [-0.15, -0.1) is 11.3 Å². The second-order valence-electron chi connectivity index (χ2n) is 6.00. The molecule has 3 N–H and O–H groups in total. The van der Waals surface area contributed by atoms with E-state index < -0.39 is 0 Å². The van der Waals surface area contributed by atoms with E-state index in [9.17, 15) is 4.79 Å².